The van der Waals surface area contributed by atoms with Crippen LogP contribution in [0.5, 0.6) is 5.75 Å². The molecule has 6 heteroatoms. The summed E-state index contributed by atoms with van der Waals surface area (Å²) in [6.45, 7) is 1.08. The molecule has 1 aliphatic heterocycles. The Morgan fingerprint density at radius 2 is 2.12 bits per heavy atom. The fraction of sp³-hybridized carbons (Fsp3) is 0.389. The number of para-hydroxylation sites is 1. The number of nitrogens with zero attached hydrogens (tertiary/aromatic N) is 1. The molecule has 0 saturated carbocycles. The number of carbonyl (C=O) groups is 1. The minimum atomic E-state index is -0.155. The fourth-order valence-electron chi connectivity index (χ4n) is 2.84. The molecular weight excluding hydrogens is 322 g/mol. The van der Waals surface area contributed by atoms with Crippen LogP contribution >= 0.6 is 11.3 Å². The molecule has 2 amide bonds. The van der Waals surface area contributed by atoms with E-state index in [0.717, 1.165) is 12.2 Å². The Balaban J connectivity index is 1.43. The normalized spacial score (nSPS) is 17.2. The number of ether oxygens (including phenoxy) is 1. The van der Waals surface area contributed by atoms with E-state index in [0.29, 0.717) is 13.1 Å². The van der Waals surface area contributed by atoms with Crippen LogP contribution in [0.15, 0.2) is 41.8 Å². The third-order valence-electron chi connectivity index (χ3n) is 4.16. The predicted octanol–water partition coefficient (Wildman–Crippen LogP) is 2.65. The molecule has 1 aliphatic rings. The van der Waals surface area contributed by atoms with Crippen LogP contribution in [-0.4, -0.2) is 44.2 Å². The SMILES string of the molecule is CN(C)C(CNC(=O)NCC1Cc2ccccc2O1)c1cccs1. The van der Waals surface area contributed by atoms with Crippen LogP contribution in [0.1, 0.15) is 16.5 Å². The minimum absolute atomic E-state index is 0.00934. The Labute approximate surface area is 146 Å². The lowest BCUT2D eigenvalue weighted by atomic mass is 10.1. The molecule has 2 heterocycles. The average molecular weight is 345 g/mol. The van der Waals surface area contributed by atoms with Crippen LogP contribution in [0.4, 0.5) is 4.79 Å². The summed E-state index contributed by atoms with van der Waals surface area (Å²) in [5.41, 5.74) is 1.20. The Kier molecular flexibility index (Phi) is 5.37. The molecule has 2 atom stereocenters. The molecular formula is C18H23N3O2S. The molecule has 0 saturated heterocycles. The zero-order valence-electron chi connectivity index (χ0n) is 14.0. The van der Waals surface area contributed by atoms with Gasteiger partial charge in [-0.3, -0.25) is 0 Å². The van der Waals surface area contributed by atoms with E-state index in [4.69, 9.17) is 4.74 Å². The topological polar surface area (TPSA) is 53.6 Å². The molecule has 2 aromatic rings. The molecule has 0 bridgehead atoms. The molecule has 1 aromatic heterocycles. The number of hydrogen-bond acceptors (Lipinski definition) is 4. The first-order valence-electron chi connectivity index (χ1n) is 8.09. The number of benzene rings is 1. The first-order chi connectivity index (χ1) is 11.6. The molecule has 3 rings (SSSR count). The quantitative estimate of drug-likeness (QED) is 0.846. The Morgan fingerprint density at radius 1 is 1.29 bits per heavy atom. The number of rotatable bonds is 6. The number of hydrogen-bond donors (Lipinski definition) is 2. The van der Waals surface area contributed by atoms with Crippen LogP contribution in [0.3, 0.4) is 0 Å². The third kappa shape index (κ3) is 4.07. The smallest absolute Gasteiger partial charge is 0.314 e. The summed E-state index contributed by atoms with van der Waals surface area (Å²) >= 11 is 1.70. The number of likely N-dealkylation sites (N-methyl/N-ethyl adjacent to an activating group) is 1. The summed E-state index contributed by atoms with van der Waals surface area (Å²) < 4.78 is 5.83. The maximum atomic E-state index is 12.1. The van der Waals surface area contributed by atoms with Gasteiger partial charge in [-0.1, -0.05) is 24.3 Å². The number of amides is 2. The Bertz CT molecular complexity index is 648. The monoisotopic (exact) mass is 345 g/mol. The van der Waals surface area contributed by atoms with Gasteiger partial charge in [0.1, 0.15) is 11.9 Å². The first kappa shape index (κ1) is 16.8. The number of carbonyl (C=O) groups excluding carboxylic acids is 1. The third-order valence-corrected chi connectivity index (χ3v) is 5.13. The van der Waals surface area contributed by atoms with E-state index in [1.54, 1.807) is 11.3 Å². The fourth-order valence-corrected chi connectivity index (χ4v) is 3.77. The van der Waals surface area contributed by atoms with Crippen molar-refractivity contribution in [3.63, 3.8) is 0 Å². The largest absolute Gasteiger partial charge is 0.488 e. The number of nitrogens with one attached hydrogen (secondary N) is 2. The van der Waals surface area contributed by atoms with E-state index in [1.165, 1.54) is 10.4 Å². The van der Waals surface area contributed by atoms with E-state index in [2.05, 4.69) is 33.0 Å². The van der Waals surface area contributed by atoms with Gasteiger partial charge in [0.2, 0.25) is 0 Å². The number of thiophene rings is 1. The first-order valence-corrected chi connectivity index (χ1v) is 8.97. The van der Waals surface area contributed by atoms with Gasteiger partial charge in [0.15, 0.2) is 0 Å². The highest BCUT2D eigenvalue weighted by atomic mass is 32.1. The van der Waals surface area contributed by atoms with E-state index in [1.807, 2.05) is 38.4 Å². The van der Waals surface area contributed by atoms with Crippen molar-refractivity contribution in [3.05, 3.63) is 52.2 Å². The summed E-state index contributed by atoms with van der Waals surface area (Å²) in [6.07, 6.45) is 0.849. The average Bonchev–Trinajstić information content (AvgIpc) is 3.22. The highest BCUT2D eigenvalue weighted by molar-refractivity contribution is 7.10. The summed E-state index contributed by atoms with van der Waals surface area (Å²) in [6, 6.07) is 12.2. The molecule has 2 unspecified atom stereocenters. The van der Waals surface area contributed by atoms with Crippen molar-refractivity contribution in [2.24, 2.45) is 0 Å². The summed E-state index contributed by atoms with van der Waals surface area (Å²) in [4.78, 5) is 15.4. The van der Waals surface area contributed by atoms with Gasteiger partial charge in [-0.15, -0.1) is 11.3 Å². The zero-order valence-corrected chi connectivity index (χ0v) is 14.8. The lowest BCUT2D eigenvalue weighted by Crippen LogP contribution is -2.43. The van der Waals surface area contributed by atoms with E-state index >= 15 is 0 Å². The van der Waals surface area contributed by atoms with Crippen molar-refractivity contribution in [3.8, 4) is 5.75 Å². The van der Waals surface area contributed by atoms with E-state index in [-0.39, 0.29) is 18.2 Å². The Morgan fingerprint density at radius 3 is 2.83 bits per heavy atom. The van der Waals surface area contributed by atoms with Gasteiger partial charge in [-0.2, -0.15) is 0 Å². The summed E-state index contributed by atoms with van der Waals surface area (Å²) in [7, 11) is 4.04. The van der Waals surface area contributed by atoms with Gasteiger partial charge in [0.05, 0.1) is 12.6 Å². The predicted molar refractivity (Wildman–Crippen MR) is 96.7 cm³/mol. The van der Waals surface area contributed by atoms with Gasteiger partial charge >= 0.3 is 6.03 Å². The second-order valence-corrected chi connectivity index (χ2v) is 7.12. The van der Waals surface area contributed by atoms with Gasteiger partial charge in [0, 0.05) is 17.8 Å². The molecule has 0 aliphatic carbocycles. The highest BCUT2D eigenvalue weighted by Crippen LogP contribution is 2.27. The molecule has 5 nitrogen and oxygen atoms in total. The number of urea groups is 1. The second kappa shape index (κ2) is 7.68. The number of fused-ring (bicyclic) bond motifs is 1. The van der Waals surface area contributed by atoms with Crippen LogP contribution in [0.25, 0.3) is 0 Å². The van der Waals surface area contributed by atoms with E-state index < -0.39 is 0 Å². The van der Waals surface area contributed by atoms with Crippen LogP contribution in [0.2, 0.25) is 0 Å². The molecule has 0 fully saturated rings. The molecule has 128 valence electrons. The summed E-state index contributed by atoms with van der Waals surface area (Å²) in [5, 5.41) is 7.92. The van der Waals surface area contributed by atoms with Crippen molar-refractivity contribution >= 4 is 17.4 Å². The maximum absolute atomic E-state index is 12.1. The van der Waals surface area contributed by atoms with Gasteiger partial charge in [0.25, 0.3) is 0 Å². The van der Waals surface area contributed by atoms with Crippen LogP contribution < -0.4 is 15.4 Å². The van der Waals surface area contributed by atoms with Crippen molar-refractivity contribution < 1.29 is 9.53 Å². The van der Waals surface area contributed by atoms with E-state index in [9.17, 15) is 4.79 Å². The van der Waals surface area contributed by atoms with Gasteiger partial charge in [-0.25, -0.2) is 4.79 Å². The second-order valence-electron chi connectivity index (χ2n) is 6.14. The van der Waals surface area contributed by atoms with Crippen molar-refractivity contribution in [2.75, 3.05) is 27.2 Å². The molecule has 2 N–H and O–H groups in total. The zero-order chi connectivity index (χ0) is 16.9. The molecule has 24 heavy (non-hydrogen) atoms. The van der Waals surface area contributed by atoms with Crippen molar-refractivity contribution in [1.82, 2.24) is 15.5 Å². The molecule has 0 radical (unpaired) electrons. The lowest BCUT2D eigenvalue weighted by molar-refractivity contribution is 0.211. The van der Waals surface area contributed by atoms with Crippen LogP contribution in [0, 0.1) is 0 Å². The highest BCUT2D eigenvalue weighted by Gasteiger charge is 2.23. The lowest BCUT2D eigenvalue weighted by Gasteiger charge is -2.23. The van der Waals surface area contributed by atoms with Crippen LogP contribution in [-0.2, 0) is 6.42 Å². The minimum Gasteiger partial charge on any atom is -0.488 e. The molecule has 0 spiro atoms. The Hall–Kier alpha value is -2.05. The molecule has 1 aromatic carbocycles. The van der Waals surface area contributed by atoms with Crippen molar-refractivity contribution in [2.45, 2.75) is 18.6 Å². The van der Waals surface area contributed by atoms with Gasteiger partial charge in [-0.05, 0) is 37.2 Å². The maximum Gasteiger partial charge on any atom is 0.314 e. The standard InChI is InChI=1S/C18H23N3O2S/c1-21(2)15(17-8-5-9-24-17)12-20-18(22)19-11-14-10-13-6-3-4-7-16(13)23-14/h3-9,14-15H,10-12H2,1-2H3,(H2,19,20,22). The van der Waals surface area contributed by atoms with Crippen molar-refractivity contribution in [1.29, 1.82) is 0 Å². The van der Waals surface area contributed by atoms with Gasteiger partial charge < -0.3 is 20.3 Å². The summed E-state index contributed by atoms with van der Waals surface area (Å²) in [5.74, 6) is 0.926.